The molecule has 11 nitrogen and oxygen atoms in total. The average molecular weight is 952 g/mol. The Morgan fingerprint density at radius 2 is 0.925 bits per heavy atom. The number of allylic oxidation sites excluding steroid dienone is 6. The van der Waals surface area contributed by atoms with E-state index in [-0.39, 0.29) is 12.8 Å². The maximum absolute atomic E-state index is 13.1. The third kappa shape index (κ3) is 34.3. The second-order valence-corrected chi connectivity index (χ2v) is 19.6. The van der Waals surface area contributed by atoms with Crippen LogP contribution in [0.1, 0.15) is 245 Å². The summed E-state index contributed by atoms with van der Waals surface area (Å²) in [6.45, 7) is 3.37. The smallest absolute Gasteiger partial charge is 0.249 e. The first-order valence-corrected chi connectivity index (χ1v) is 27.9. The highest BCUT2D eigenvalue weighted by Crippen LogP contribution is 2.23. The number of carbonyl (C=O) groups excluding carboxylic acids is 1. The molecule has 11 heteroatoms. The number of aliphatic hydroxyl groups is 7. The fourth-order valence-electron chi connectivity index (χ4n) is 8.83. The molecule has 9 atom stereocenters. The molecule has 0 saturated carbocycles. The SMILES string of the molecule is CCCCC/C=C/CCCC(O)C(O)C(COC1OC(CO)C(O)C(O)C1O)NC(=O)C(O)CCCCCCCCCCCCCCCCCC/C=C\C/C=C\CCCCCCCCCCC. The van der Waals surface area contributed by atoms with Crippen molar-refractivity contribution < 1.29 is 50.0 Å². The first-order chi connectivity index (χ1) is 32.7. The van der Waals surface area contributed by atoms with Crippen LogP contribution in [0.25, 0.3) is 0 Å². The molecular formula is C56H105NO10. The van der Waals surface area contributed by atoms with Gasteiger partial charge in [0.05, 0.1) is 25.4 Å². The highest BCUT2D eigenvalue weighted by Gasteiger charge is 2.44. The molecule has 0 aromatic carbocycles. The molecule has 67 heavy (non-hydrogen) atoms. The maximum atomic E-state index is 13.1. The van der Waals surface area contributed by atoms with Gasteiger partial charge in [-0.1, -0.05) is 211 Å². The number of unbranched alkanes of at least 4 members (excludes halogenated alkanes) is 29. The number of hydrogen-bond donors (Lipinski definition) is 8. The normalized spacial score (nSPS) is 20.9. The maximum Gasteiger partial charge on any atom is 0.249 e. The summed E-state index contributed by atoms with van der Waals surface area (Å²) in [5, 5.41) is 75.5. The lowest BCUT2D eigenvalue weighted by Gasteiger charge is -2.40. The van der Waals surface area contributed by atoms with Crippen LogP contribution in [0.3, 0.4) is 0 Å². The number of ether oxygens (including phenoxy) is 2. The van der Waals surface area contributed by atoms with Gasteiger partial charge in [0.25, 0.3) is 0 Å². The predicted octanol–water partition coefficient (Wildman–Crippen LogP) is 11.1. The van der Waals surface area contributed by atoms with E-state index < -0.39 is 74.2 Å². The molecule has 1 saturated heterocycles. The molecule has 1 amide bonds. The van der Waals surface area contributed by atoms with Crippen molar-refractivity contribution in [2.24, 2.45) is 0 Å². The summed E-state index contributed by atoms with van der Waals surface area (Å²) in [6, 6.07) is -1.18. The molecule has 0 bridgehead atoms. The average Bonchev–Trinajstić information content (AvgIpc) is 3.33. The van der Waals surface area contributed by atoms with Crippen molar-refractivity contribution >= 4 is 5.91 Å². The van der Waals surface area contributed by atoms with Gasteiger partial charge in [0.2, 0.25) is 5.91 Å². The molecule has 1 rings (SSSR count). The molecule has 8 N–H and O–H groups in total. The lowest BCUT2D eigenvalue weighted by atomic mass is 9.98. The van der Waals surface area contributed by atoms with Gasteiger partial charge in [-0.3, -0.25) is 4.79 Å². The first-order valence-electron chi connectivity index (χ1n) is 27.9. The standard InChI is InChI=1S/C56H105NO10/c1-3-5-7-9-11-13-14-15-16-17-18-19-20-21-22-23-24-25-26-27-28-29-30-31-32-33-34-35-36-38-40-42-44-49(60)55(65)57-47(46-66-56-54(64)53(63)52(62)50(45-58)67-56)51(61)48(59)43-41-39-37-12-10-8-6-4-2/h12,18-19,21-22,37,47-54,56,58-64H,3-11,13-17,20,23-36,38-46H2,1-2H3,(H,57,65)/b19-18-,22-21-,37-12+. The lowest BCUT2D eigenvalue weighted by Crippen LogP contribution is -2.60. The fourth-order valence-corrected chi connectivity index (χ4v) is 8.83. The van der Waals surface area contributed by atoms with Crippen molar-refractivity contribution in [1.29, 1.82) is 0 Å². The summed E-state index contributed by atoms with van der Waals surface area (Å²) in [7, 11) is 0. The minimum Gasteiger partial charge on any atom is -0.394 e. The lowest BCUT2D eigenvalue weighted by molar-refractivity contribution is -0.303. The van der Waals surface area contributed by atoms with Gasteiger partial charge in [-0.15, -0.1) is 0 Å². The van der Waals surface area contributed by atoms with Gasteiger partial charge in [-0.2, -0.15) is 0 Å². The van der Waals surface area contributed by atoms with Crippen LogP contribution in [0.15, 0.2) is 36.5 Å². The van der Waals surface area contributed by atoms with E-state index in [0.717, 1.165) is 51.4 Å². The zero-order chi connectivity index (χ0) is 49.0. The summed E-state index contributed by atoms with van der Waals surface area (Å²) in [6.07, 6.45) is 44.0. The van der Waals surface area contributed by atoms with E-state index in [1.807, 2.05) is 0 Å². The summed E-state index contributed by atoms with van der Waals surface area (Å²) < 4.78 is 11.1. The largest absolute Gasteiger partial charge is 0.394 e. The van der Waals surface area contributed by atoms with Crippen LogP contribution >= 0.6 is 0 Å². The van der Waals surface area contributed by atoms with Gasteiger partial charge in [-0.25, -0.2) is 0 Å². The van der Waals surface area contributed by atoms with Crippen molar-refractivity contribution in [2.45, 2.75) is 300 Å². The number of aliphatic hydroxyl groups excluding tert-OH is 7. The molecule has 1 fully saturated rings. The second-order valence-electron chi connectivity index (χ2n) is 19.6. The van der Waals surface area contributed by atoms with E-state index in [0.29, 0.717) is 12.8 Å². The molecule has 1 aliphatic rings. The molecule has 0 spiro atoms. The van der Waals surface area contributed by atoms with Crippen LogP contribution in [-0.2, 0) is 14.3 Å². The monoisotopic (exact) mass is 952 g/mol. The van der Waals surface area contributed by atoms with Crippen molar-refractivity contribution in [3.63, 3.8) is 0 Å². The topological polar surface area (TPSA) is 189 Å². The molecule has 1 heterocycles. The summed E-state index contributed by atoms with van der Waals surface area (Å²) in [5.74, 6) is -0.708. The van der Waals surface area contributed by atoms with E-state index >= 15 is 0 Å². The van der Waals surface area contributed by atoms with Crippen molar-refractivity contribution in [3.05, 3.63) is 36.5 Å². The van der Waals surface area contributed by atoms with Gasteiger partial charge in [0, 0.05) is 0 Å². The predicted molar refractivity (Wildman–Crippen MR) is 275 cm³/mol. The fraction of sp³-hybridized carbons (Fsp3) is 0.875. The zero-order valence-corrected chi connectivity index (χ0v) is 42.9. The van der Waals surface area contributed by atoms with Crippen molar-refractivity contribution in [2.75, 3.05) is 13.2 Å². The Morgan fingerprint density at radius 3 is 1.40 bits per heavy atom. The quantitative estimate of drug-likeness (QED) is 0.0215. The van der Waals surface area contributed by atoms with Crippen molar-refractivity contribution in [1.82, 2.24) is 5.32 Å². The number of rotatable bonds is 47. The Kier molecular flexibility index (Phi) is 43.0. The van der Waals surface area contributed by atoms with E-state index in [2.05, 4.69) is 55.6 Å². The van der Waals surface area contributed by atoms with Crippen LogP contribution in [0.2, 0.25) is 0 Å². The van der Waals surface area contributed by atoms with Crippen LogP contribution in [0.5, 0.6) is 0 Å². The number of amides is 1. The molecule has 0 radical (unpaired) electrons. The Labute approximate surface area is 409 Å². The summed E-state index contributed by atoms with van der Waals surface area (Å²) in [4.78, 5) is 13.1. The van der Waals surface area contributed by atoms with Gasteiger partial charge in [-0.05, 0) is 70.6 Å². The molecule has 1 aliphatic heterocycles. The highest BCUT2D eigenvalue weighted by molar-refractivity contribution is 5.80. The minimum atomic E-state index is -1.67. The third-order valence-corrected chi connectivity index (χ3v) is 13.4. The molecular weight excluding hydrogens is 847 g/mol. The van der Waals surface area contributed by atoms with Gasteiger partial charge in [0.1, 0.15) is 36.6 Å². The molecule has 0 aliphatic carbocycles. The van der Waals surface area contributed by atoms with E-state index in [9.17, 15) is 40.5 Å². The Hall–Kier alpha value is -1.67. The van der Waals surface area contributed by atoms with E-state index in [1.165, 1.54) is 154 Å². The van der Waals surface area contributed by atoms with Crippen molar-refractivity contribution in [3.8, 4) is 0 Å². The third-order valence-electron chi connectivity index (χ3n) is 13.4. The van der Waals surface area contributed by atoms with Crippen LogP contribution in [0, 0.1) is 0 Å². The number of carbonyl (C=O) groups is 1. The zero-order valence-electron chi connectivity index (χ0n) is 42.9. The number of hydrogen-bond acceptors (Lipinski definition) is 10. The first kappa shape index (κ1) is 63.3. The Morgan fingerprint density at radius 1 is 0.522 bits per heavy atom. The van der Waals surface area contributed by atoms with Crippen LogP contribution in [0.4, 0.5) is 0 Å². The van der Waals surface area contributed by atoms with E-state index in [4.69, 9.17) is 9.47 Å². The summed E-state index contributed by atoms with van der Waals surface area (Å²) >= 11 is 0. The van der Waals surface area contributed by atoms with E-state index in [1.54, 1.807) is 0 Å². The Bertz CT molecular complexity index is 1180. The van der Waals surface area contributed by atoms with Gasteiger partial charge in [0.15, 0.2) is 6.29 Å². The molecule has 0 aromatic rings. The molecule has 9 unspecified atom stereocenters. The van der Waals surface area contributed by atoms with Gasteiger partial charge < -0.3 is 50.5 Å². The summed E-state index contributed by atoms with van der Waals surface area (Å²) in [5.41, 5.74) is 0. The minimum absolute atomic E-state index is 0.254. The van der Waals surface area contributed by atoms with Crippen LogP contribution < -0.4 is 5.32 Å². The second kappa shape index (κ2) is 45.5. The van der Waals surface area contributed by atoms with Crippen LogP contribution in [-0.4, -0.2) is 110 Å². The van der Waals surface area contributed by atoms with Gasteiger partial charge >= 0.3 is 0 Å². The molecule has 0 aromatic heterocycles. The highest BCUT2D eigenvalue weighted by atomic mass is 16.7. The molecule has 394 valence electrons. The number of nitrogens with one attached hydrogen (secondary N) is 1. The Balaban J connectivity index is 2.16.